The Morgan fingerprint density at radius 2 is 2.16 bits per heavy atom. The molecule has 2 fully saturated rings. The highest BCUT2D eigenvalue weighted by atomic mass is 32.2. The fourth-order valence-electron chi connectivity index (χ4n) is 3.18. The van der Waals surface area contributed by atoms with Crippen molar-refractivity contribution >= 4 is 34.3 Å². The molecule has 1 aliphatic carbocycles. The van der Waals surface area contributed by atoms with Gasteiger partial charge in [-0.15, -0.1) is 0 Å². The summed E-state index contributed by atoms with van der Waals surface area (Å²) >= 11 is -0.222. The van der Waals surface area contributed by atoms with Crippen LogP contribution < -0.4 is 10.1 Å². The lowest BCUT2D eigenvalue weighted by Crippen LogP contribution is -2.36. The molecule has 9 heteroatoms. The Morgan fingerprint density at radius 3 is 2.84 bits per heavy atom. The minimum atomic E-state index is -1.24. The molecule has 2 aliphatic rings. The van der Waals surface area contributed by atoms with Crippen molar-refractivity contribution in [1.29, 1.82) is 0 Å². The number of ether oxygens (including phenoxy) is 2. The summed E-state index contributed by atoms with van der Waals surface area (Å²) in [6.45, 7) is 3.03. The molecule has 3 rings (SSSR count). The first-order valence-corrected chi connectivity index (χ1v) is 12.7. The molecule has 1 saturated heterocycles. The molecule has 3 atom stereocenters. The van der Waals surface area contributed by atoms with Crippen LogP contribution in [0.25, 0.3) is 0 Å². The van der Waals surface area contributed by atoms with Gasteiger partial charge in [-0.1, -0.05) is 40.4 Å². The lowest BCUT2D eigenvalue weighted by molar-refractivity contribution is -0.118. The fraction of sp³-hybridized carbons (Fsp3) is 0.545. The largest absolute Gasteiger partial charge is 0.598 e. The van der Waals surface area contributed by atoms with Crippen molar-refractivity contribution in [3.8, 4) is 5.75 Å². The Kier molecular flexibility index (Phi) is 9.28. The Labute approximate surface area is 191 Å². The van der Waals surface area contributed by atoms with Crippen molar-refractivity contribution in [2.75, 3.05) is 26.2 Å². The SMILES string of the molecule is COCN([C@H](C)c1cccc(OCC2CC2)c1)[S+]([O-])CC/C=C/CC1SC(=O)NC1=O. The number of imide groups is 1. The standard InChI is InChI=1S/C22H30N2O5S2/c1-16(18-7-6-8-19(13-18)29-14-17-10-11-17)24(15-28-2)31(27)12-5-3-4-9-20-21(25)23-22(26)30-20/h3-4,6-8,13,16-17,20H,5,9-12,14-15H2,1-2H3,(H,23,25,26)/b4-3+/t16-,20?,31?/m1/s1. The third-order valence-corrected chi connectivity index (χ3v) is 7.75. The average Bonchev–Trinajstić information content (AvgIpc) is 3.53. The number of nitrogens with zero attached hydrogens (tertiary/aromatic N) is 1. The quantitative estimate of drug-likeness (QED) is 0.269. The number of rotatable bonds is 13. The summed E-state index contributed by atoms with van der Waals surface area (Å²) in [5.41, 5.74) is 1.03. The van der Waals surface area contributed by atoms with E-state index in [0.717, 1.165) is 29.7 Å². The molecule has 1 aromatic carbocycles. The van der Waals surface area contributed by atoms with Crippen molar-refractivity contribution in [1.82, 2.24) is 9.62 Å². The second-order valence-corrected chi connectivity index (χ2v) is 10.4. The highest BCUT2D eigenvalue weighted by Gasteiger charge is 2.30. The number of hydrogen-bond donors (Lipinski definition) is 1. The van der Waals surface area contributed by atoms with Crippen LogP contribution in [0, 0.1) is 5.92 Å². The molecule has 7 nitrogen and oxygen atoms in total. The minimum Gasteiger partial charge on any atom is -0.598 e. The van der Waals surface area contributed by atoms with E-state index in [2.05, 4.69) is 5.32 Å². The van der Waals surface area contributed by atoms with Gasteiger partial charge in [-0.2, -0.15) is 0 Å². The molecule has 0 aromatic heterocycles. The van der Waals surface area contributed by atoms with E-state index in [4.69, 9.17) is 9.47 Å². The van der Waals surface area contributed by atoms with Gasteiger partial charge in [-0.05, 0) is 49.8 Å². The lowest BCUT2D eigenvalue weighted by atomic mass is 10.1. The molecule has 170 valence electrons. The second-order valence-electron chi connectivity index (χ2n) is 7.74. The topological polar surface area (TPSA) is 90.9 Å². The van der Waals surface area contributed by atoms with Crippen molar-refractivity contribution in [3.63, 3.8) is 0 Å². The maximum absolute atomic E-state index is 12.9. The highest BCUT2D eigenvalue weighted by molar-refractivity contribution is 8.15. The van der Waals surface area contributed by atoms with Gasteiger partial charge in [0.2, 0.25) is 5.91 Å². The molecule has 0 spiro atoms. The summed E-state index contributed by atoms with van der Waals surface area (Å²) in [7, 11) is 1.59. The molecule has 2 unspecified atom stereocenters. The lowest BCUT2D eigenvalue weighted by Gasteiger charge is -2.29. The Morgan fingerprint density at radius 1 is 1.35 bits per heavy atom. The van der Waals surface area contributed by atoms with Crippen LogP contribution in [0.4, 0.5) is 4.79 Å². The van der Waals surface area contributed by atoms with Gasteiger partial charge in [-0.25, -0.2) is 0 Å². The number of thioether (sulfide) groups is 1. The molecule has 1 aliphatic heterocycles. The maximum Gasteiger partial charge on any atom is 0.286 e. The molecule has 1 heterocycles. The van der Waals surface area contributed by atoms with E-state index in [0.29, 0.717) is 24.5 Å². The van der Waals surface area contributed by atoms with E-state index in [9.17, 15) is 14.1 Å². The average molecular weight is 467 g/mol. The summed E-state index contributed by atoms with van der Waals surface area (Å²) < 4.78 is 26.0. The van der Waals surface area contributed by atoms with Gasteiger partial charge in [0.05, 0.1) is 17.9 Å². The van der Waals surface area contributed by atoms with Crippen molar-refractivity contribution in [3.05, 3.63) is 42.0 Å². The van der Waals surface area contributed by atoms with Gasteiger partial charge in [0.25, 0.3) is 5.24 Å². The molecular weight excluding hydrogens is 436 g/mol. The van der Waals surface area contributed by atoms with Crippen LogP contribution in [0.2, 0.25) is 0 Å². The molecule has 0 radical (unpaired) electrons. The normalized spacial score (nSPS) is 21.0. The summed E-state index contributed by atoms with van der Waals surface area (Å²) in [5.74, 6) is 1.74. The van der Waals surface area contributed by atoms with Gasteiger partial charge >= 0.3 is 0 Å². The van der Waals surface area contributed by atoms with Crippen molar-refractivity contribution in [2.45, 2.75) is 43.9 Å². The number of benzene rings is 1. The maximum atomic E-state index is 12.9. The number of amides is 2. The Bertz CT molecular complexity index is 787. The van der Waals surface area contributed by atoms with E-state index in [1.807, 2.05) is 47.6 Å². The Balaban J connectivity index is 1.50. The smallest absolute Gasteiger partial charge is 0.286 e. The number of allylic oxidation sites excluding steroid dienone is 2. The van der Waals surface area contributed by atoms with E-state index in [-0.39, 0.29) is 29.2 Å². The molecule has 31 heavy (non-hydrogen) atoms. The van der Waals surface area contributed by atoms with Crippen molar-refractivity contribution < 1.29 is 23.6 Å². The monoisotopic (exact) mass is 466 g/mol. The summed E-state index contributed by atoms with van der Waals surface area (Å²) in [5, 5.41) is 1.61. The first-order valence-electron chi connectivity index (χ1n) is 10.5. The first-order chi connectivity index (χ1) is 15.0. The van der Waals surface area contributed by atoms with Crippen LogP contribution in [0.5, 0.6) is 5.75 Å². The highest BCUT2D eigenvalue weighted by Crippen LogP contribution is 2.31. The van der Waals surface area contributed by atoms with E-state index in [1.165, 1.54) is 12.8 Å². The number of carbonyl (C=O) groups is 2. The van der Waals surface area contributed by atoms with Crippen LogP contribution in [0.3, 0.4) is 0 Å². The summed E-state index contributed by atoms with van der Waals surface area (Å²) in [6, 6.07) is 7.85. The van der Waals surface area contributed by atoms with Crippen molar-refractivity contribution in [2.24, 2.45) is 5.92 Å². The predicted octanol–water partition coefficient (Wildman–Crippen LogP) is 3.79. The van der Waals surface area contributed by atoms with E-state index in [1.54, 1.807) is 7.11 Å². The number of methoxy groups -OCH3 is 1. The predicted molar refractivity (Wildman–Crippen MR) is 123 cm³/mol. The number of carbonyl (C=O) groups excluding carboxylic acids is 2. The zero-order valence-corrected chi connectivity index (χ0v) is 19.6. The fourth-order valence-corrected chi connectivity index (χ4v) is 5.24. The number of nitrogens with one attached hydrogen (secondary N) is 1. The molecule has 1 aromatic rings. The third kappa shape index (κ3) is 7.54. The zero-order chi connectivity index (χ0) is 22.2. The second kappa shape index (κ2) is 11.9. The van der Waals surface area contributed by atoms with Crippen LogP contribution in [0.1, 0.15) is 44.2 Å². The third-order valence-electron chi connectivity index (χ3n) is 5.22. The molecule has 1 N–H and O–H groups in total. The summed E-state index contributed by atoms with van der Waals surface area (Å²) in [4.78, 5) is 22.8. The van der Waals surface area contributed by atoms with E-state index >= 15 is 0 Å². The summed E-state index contributed by atoms with van der Waals surface area (Å²) in [6.07, 6.45) is 7.37. The van der Waals surface area contributed by atoms with Crippen LogP contribution in [0.15, 0.2) is 36.4 Å². The molecular formula is C22H30N2O5S2. The van der Waals surface area contributed by atoms with Crippen LogP contribution >= 0.6 is 11.8 Å². The molecule has 2 amide bonds. The molecule has 1 saturated carbocycles. The van der Waals surface area contributed by atoms with Gasteiger partial charge in [0.1, 0.15) is 18.2 Å². The van der Waals surface area contributed by atoms with Gasteiger partial charge < -0.3 is 14.0 Å². The number of hydrogen-bond acceptors (Lipinski definition) is 7. The van der Waals surface area contributed by atoms with E-state index < -0.39 is 11.4 Å². The van der Waals surface area contributed by atoms with Crippen LogP contribution in [-0.2, 0) is 20.9 Å². The van der Waals surface area contributed by atoms with Gasteiger partial charge in [-0.3, -0.25) is 14.9 Å². The van der Waals surface area contributed by atoms with Gasteiger partial charge in [0.15, 0.2) is 0 Å². The van der Waals surface area contributed by atoms with Crippen LogP contribution in [-0.4, -0.2) is 51.5 Å². The Hall–Kier alpha value is -1.52. The first kappa shape index (κ1) is 24.1. The minimum absolute atomic E-state index is 0.0983. The molecule has 0 bridgehead atoms. The van der Waals surface area contributed by atoms with Gasteiger partial charge in [0, 0.05) is 24.9 Å². The zero-order valence-electron chi connectivity index (χ0n) is 18.0.